The summed E-state index contributed by atoms with van der Waals surface area (Å²) < 4.78 is 0. The highest BCUT2D eigenvalue weighted by atomic mass is 35.5. The molecule has 0 saturated carbocycles. The van der Waals surface area contributed by atoms with E-state index in [-0.39, 0.29) is 12.4 Å². The van der Waals surface area contributed by atoms with Crippen LogP contribution in [0.3, 0.4) is 0 Å². The summed E-state index contributed by atoms with van der Waals surface area (Å²) in [5.74, 6) is 0. The number of hydrogen-bond donors (Lipinski definition) is 1. The highest BCUT2D eigenvalue weighted by molar-refractivity contribution is 6.35. The molecule has 3 rings (SSSR count). The van der Waals surface area contributed by atoms with Gasteiger partial charge in [-0.3, -0.25) is 4.99 Å². The van der Waals surface area contributed by atoms with Crippen molar-refractivity contribution in [3.63, 3.8) is 0 Å². The number of hydrogen-bond acceptors (Lipinski definition) is 2. The van der Waals surface area contributed by atoms with Gasteiger partial charge in [0.15, 0.2) is 0 Å². The van der Waals surface area contributed by atoms with Crippen LogP contribution in [0, 0.1) is 0 Å². The second-order valence-corrected chi connectivity index (χ2v) is 5.88. The van der Waals surface area contributed by atoms with E-state index in [0.29, 0.717) is 0 Å². The van der Waals surface area contributed by atoms with Gasteiger partial charge in [0.2, 0.25) is 0 Å². The number of rotatable bonds is 4. The van der Waals surface area contributed by atoms with Crippen molar-refractivity contribution >= 4 is 47.7 Å². The van der Waals surface area contributed by atoms with Gasteiger partial charge in [-0.15, -0.1) is 12.4 Å². The Morgan fingerprint density at radius 1 is 1.00 bits per heavy atom. The smallest absolute Gasteiger partial charge is 0.0698 e. The van der Waals surface area contributed by atoms with Crippen LogP contribution >= 0.6 is 24.0 Å². The molecule has 1 N–H and O–H groups in total. The lowest BCUT2D eigenvalue weighted by Crippen LogP contribution is -2.02. The van der Waals surface area contributed by atoms with Crippen LogP contribution in [0.25, 0.3) is 5.57 Å². The Labute approximate surface area is 154 Å². The van der Waals surface area contributed by atoms with Gasteiger partial charge in [0, 0.05) is 22.5 Å². The first-order valence-corrected chi connectivity index (χ1v) is 8.13. The molecule has 0 fully saturated rings. The summed E-state index contributed by atoms with van der Waals surface area (Å²) in [5.41, 5.74) is 5.32. The van der Waals surface area contributed by atoms with Crippen LogP contribution in [0.2, 0.25) is 0 Å². The zero-order valence-electron chi connectivity index (χ0n) is 13.3. The average Bonchev–Trinajstić information content (AvgIpc) is 2.62. The van der Waals surface area contributed by atoms with Crippen LogP contribution in [0.15, 0.2) is 76.4 Å². The van der Waals surface area contributed by atoms with E-state index >= 15 is 0 Å². The Balaban J connectivity index is 0.00000208. The lowest BCUT2D eigenvalue weighted by molar-refractivity contribution is 0.828. The van der Waals surface area contributed by atoms with Gasteiger partial charge in [-0.2, -0.15) is 0 Å². The largest absolute Gasteiger partial charge is 0.361 e. The molecule has 4 heteroatoms. The first-order chi connectivity index (χ1) is 11.3. The van der Waals surface area contributed by atoms with Gasteiger partial charge < -0.3 is 5.32 Å². The minimum absolute atomic E-state index is 0. The Morgan fingerprint density at radius 2 is 1.71 bits per heavy atom. The molecule has 1 aliphatic rings. The third kappa shape index (κ3) is 4.08. The van der Waals surface area contributed by atoms with Gasteiger partial charge in [0.25, 0.3) is 0 Å². The second kappa shape index (κ2) is 8.72. The van der Waals surface area contributed by atoms with Gasteiger partial charge in [-0.05, 0) is 55.3 Å². The topological polar surface area (TPSA) is 24.4 Å². The second-order valence-electron chi connectivity index (χ2n) is 5.50. The number of halogens is 2. The van der Waals surface area contributed by atoms with E-state index in [1.165, 1.54) is 0 Å². The molecule has 0 spiro atoms. The maximum atomic E-state index is 6.69. The van der Waals surface area contributed by atoms with Crippen molar-refractivity contribution in [2.24, 2.45) is 4.99 Å². The van der Waals surface area contributed by atoms with Gasteiger partial charge in [0.1, 0.15) is 0 Å². The normalized spacial score (nSPS) is 15.8. The van der Waals surface area contributed by atoms with Crippen molar-refractivity contribution in [3.05, 3.63) is 77.0 Å². The summed E-state index contributed by atoms with van der Waals surface area (Å²) in [6.07, 6.45) is 5.04. The maximum Gasteiger partial charge on any atom is 0.0698 e. The SMILES string of the molecule is C=Nc1ccccc1C1=C(Cl)C(=CNc2ccccc2)CCC1.Cl. The molecule has 0 aliphatic heterocycles. The van der Waals surface area contributed by atoms with E-state index in [0.717, 1.165) is 52.4 Å². The van der Waals surface area contributed by atoms with Crippen LogP contribution in [0.5, 0.6) is 0 Å². The number of nitrogens with zero attached hydrogens (tertiary/aromatic N) is 1. The van der Waals surface area contributed by atoms with E-state index < -0.39 is 0 Å². The fourth-order valence-corrected chi connectivity index (χ4v) is 3.17. The summed E-state index contributed by atoms with van der Waals surface area (Å²) in [5, 5.41) is 4.16. The minimum atomic E-state index is 0. The predicted molar refractivity (Wildman–Crippen MR) is 108 cm³/mol. The van der Waals surface area contributed by atoms with Gasteiger partial charge in [-0.1, -0.05) is 48.0 Å². The van der Waals surface area contributed by atoms with Crippen LogP contribution in [-0.2, 0) is 0 Å². The molecule has 2 aromatic rings. The van der Waals surface area contributed by atoms with Crippen LogP contribution in [0.4, 0.5) is 11.4 Å². The van der Waals surface area contributed by atoms with Gasteiger partial charge in [0.05, 0.1) is 5.69 Å². The first kappa shape index (κ1) is 18.3. The zero-order valence-corrected chi connectivity index (χ0v) is 14.9. The molecule has 1 aliphatic carbocycles. The Morgan fingerprint density at radius 3 is 2.46 bits per heavy atom. The van der Waals surface area contributed by atoms with Crippen molar-refractivity contribution in [2.45, 2.75) is 19.3 Å². The molecule has 0 aromatic heterocycles. The standard InChI is InChI=1S/C20H19ClN2.ClH/c1-22-19-13-6-5-11-17(19)18-12-7-8-15(20(18)21)14-23-16-9-3-2-4-10-16;/h2-6,9-11,13-14,23H,1,7-8,12H2;1H. The molecule has 0 amide bonds. The summed E-state index contributed by atoms with van der Waals surface area (Å²) in [7, 11) is 0. The summed E-state index contributed by atoms with van der Waals surface area (Å²) >= 11 is 6.69. The number of para-hydroxylation sites is 2. The van der Waals surface area contributed by atoms with Crippen molar-refractivity contribution < 1.29 is 0 Å². The quantitative estimate of drug-likeness (QED) is 0.614. The molecule has 0 radical (unpaired) electrons. The minimum Gasteiger partial charge on any atom is -0.361 e. The van der Waals surface area contributed by atoms with E-state index in [9.17, 15) is 0 Å². The van der Waals surface area contributed by atoms with Gasteiger partial charge in [-0.25, -0.2) is 0 Å². The van der Waals surface area contributed by atoms with Crippen LogP contribution < -0.4 is 5.32 Å². The van der Waals surface area contributed by atoms with Gasteiger partial charge >= 0.3 is 0 Å². The molecular weight excluding hydrogens is 339 g/mol. The highest BCUT2D eigenvalue weighted by Crippen LogP contribution is 2.40. The Bertz CT molecular complexity index is 764. The molecule has 2 aromatic carbocycles. The van der Waals surface area contributed by atoms with Crippen molar-refractivity contribution in [1.29, 1.82) is 0 Å². The third-order valence-corrected chi connectivity index (χ3v) is 4.48. The molecule has 0 atom stereocenters. The fourth-order valence-electron chi connectivity index (χ4n) is 2.83. The van der Waals surface area contributed by atoms with Crippen LogP contribution in [0.1, 0.15) is 24.8 Å². The third-order valence-electron chi connectivity index (χ3n) is 4.01. The number of benzene rings is 2. The van der Waals surface area contributed by atoms with E-state index in [4.69, 9.17) is 11.6 Å². The first-order valence-electron chi connectivity index (χ1n) is 7.75. The number of aliphatic imine (C=N–C) groups is 1. The van der Waals surface area contributed by atoms with E-state index in [1.54, 1.807) is 0 Å². The maximum absolute atomic E-state index is 6.69. The summed E-state index contributed by atoms with van der Waals surface area (Å²) in [6.45, 7) is 3.66. The molecular formula is C20H20Cl2N2. The number of allylic oxidation sites excluding steroid dienone is 3. The Kier molecular flexibility index (Phi) is 6.65. The van der Waals surface area contributed by atoms with Crippen LogP contribution in [-0.4, -0.2) is 6.72 Å². The molecule has 0 bridgehead atoms. The lowest BCUT2D eigenvalue weighted by Gasteiger charge is -2.20. The highest BCUT2D eigenvalue weighted by Gasteiger charge is 2.19. The monoisotopic (exact) mass is 358 g/mol. The Hall–Kier alpha value is -2.03. The van der Waals surface area contributed by atoms with E-state index in [1.807, 2.05) is 54.7 Å². The zero-order chi connectivity index (χ0) is 16.1. The fraction of sp³-hybridized carbons (Fsp3) is 0.150. The number of anilines is 1. The molecule has 0 unspecified atom stereocenters. The molecule has 2 nitrogen and oxygen atoms in total. The predicted octanol–water partition coefficient (Wildman–Crippen LogP) is 6.57. The number of nitrogens with one attached hydrogen (secondary N) is 1. The molecule has 24 heavy (non-hydrogen) atoms. The summed E-state index contributed by atoms with van der Waals surface area (Å²) in [4.78, 5) is 4.12. The van der Waals surface area contributed by atoms with Crippen molar-refractivity contribution in [1.82, 2.24) is 0 Å². The molecule has 0 heterocycles. The van der Waals surface area contributed by atoms with Crippen molar-refractivity contribution in [3.8, 4) is 0 Å². The average molecular weight is 359 g/mol. The summed E-state index contributed by atoms with van der Waals surface area (Å²) in [6, 6.07) is 18.1. The van der Waals surface area contributed by atoms with E-state index in [2.05, 4.69) is 23.1 Å². The molecule has 124 valence electrons. The lowest BCUT2D eigenvalue weighted by atomic mass is 9.90. The van der Waals surface area contributed by atoms with Crippen molar-refractivity contribution in [2.75, 3.05) is 5.32 Å². The molecule has 0 saturated heterocycles.